The van der Waals surface area contributed by atoms with E-state index in [-0.39, 0.29) is 20.2 Å². The van der Waals surface area contributed by atoms with Crippen LogP contribution in [0.5, 0.6) is 0 Å². The first-order valence-corrected chi connectivity index (χ1v) is 17.4. The van der Waals surface area contributed by atoms with E-state index in [4.69, 9.17) is 26.3 Å². The Morgan fingerprint density at radius 3 is 0.690 bits per heavy atom. The van der Waals surface area contributed by atoms with Crippen molar-refractivity contribution < 1.29 is 4.12 Å². The minimum absolute atomic E-state index is 0.129. The standard InChI is InChI=1S/C24H52Cl2OSi2/c1-17(2)21(9,10)28(25,22(11,12)18(3)4)27-29(26,23(13,14)19(5)6)24(15,16)20(7)8/h17-20H,1-16H3. The van der Waals surface area contributed by atoms with E-state index < -0.39 is 15.3 Å². The maximum absolute atomic E-state index is 7.89. The molecular formula is C24H52Cl2OSi2. The molecule has 0 spiro atoms. The van der Waals surface area contributed by atoms with Gasteiger partial charge in [0, 0.05) is 0 Å². The van der Waals surface area contributed by atoms with Crippen molar-refractivity contribution in [1.29, 1.82) is 0 Å². The van der Waals surface area contributed by atoms with Crippen LogP contribution in [0.15, 0.2) is 0 Å². The highest BCUT2D eigenvalue weighted by Gasteiger charge is 2.69. The summed E-state index contributed by atoms with van der Waals surface area (Å²) in [5.74, 6) is 1.63. The Morgan fingerprint density at radius 1 is 0.448 bits per heavy atom. The molecule has 29 heavy (non-hydrogen) atoms. The molecule has 0 aromatic rings. The van der Waals surface area contributed by atoms with Crippen LogP contribution in [0.3, 0.4) is 0 Å². The number of halogens is 2. The average molecular weight is 484 g/mol. The first-order chi connectivity index (χ1) is 12.5. The van der Waals surface area contributed by atoms with Crippen molar-refractivity contribution in [2.45, 2.75) is 131 Å². The summed E-state index contributed by atoms with van der Waals surface area (Å²) in [6.45, 7) is 36.8. The van der Waals surface area contributed by atoms with Crippen molar-refractivity contribution in [2.24, 2.45) is 23.7 Å². The lowest BCUT2D eigenvalue weighted by atomic mass is 9.97. The van der Waals surface area contributed by atoms with Gasteiger partial charge in [0.2, 0.25) is 0 Å². The van der Waals surface area contributed by atoms with Crippen LogP contribution < -0.4 is 0 Å². The minimum atomic E-state index is -2.88. The van der Waals surface area contributed by atoms with Crippen LogP contribution in [0.25, 0.3) is 0 Å². The third kappa shape index (κ3) is 4.70. The molecule has 0 aliphatic rings. The van der Waals surface area contributed by atoms with Crippen molar-refractivity contribution in [3.63, 3.8) is 0 Å². The summed E-state index contributed by atoms with van der Waals surface area (Å²) >= 11 is 15.8. The zero-order valence-corrected chi connectivity index (χ0v) is 26.0. The molecule has 0 N–H and O–H groups in total. The van der Waals surface area contributed by atoms with Crippen molar-refractivity contribution in [1.82, 2.24) is 0 Å². The monoisotopic (exact) mass is 482 g/mol. The Balaban J connectivity index is 7.14. The van der Waals surface area contributed by atoms with E-state index >= 15 is 0 Å². The molecule has 0 saturated carbocycles. The molecule has 0 aromatic carbocycles. The number of hydrogen-bond acceptors (Lipinski definition) is 1. The van der Waals surface area contributed by atoms with E-state index in [0.29, 0.717) is 23.7 Å². The average Bonchev–Trinajstić information content (AvgIpc) is 2.52. The summed E-state index contributed by atoms with van der Waals surface area (Å²) < 4.78 is 7.54. The molecule has 0 aromatic heterocycles. The number of rotatable bonds is 10. The van der Waals surface area contributed by atoms with Crippen molar-refractivity contribution >= 4 is 37.4 Å². The summed E-state index contributed by atoms with van der Waals surface area (Å²) in [5.41, 5.74) is 0. The lowest BCUT2D eigenvalue weighted by Crippen LogP contribution is -2.66. The third-order valence-electron chi connectivity index (χ3n) is 9.37. The van der Waals surface area contributed by atoms with Gasteiger partial charge in [0.1, 0.15) is 0 Å². The summed E-state index contributed by atoms with van der Waals surface area (Å²) in [6.07, 6.45) is 0. The third-order valence-corrected chi connectivity index (χ3v) is 27.8. The highest BCUT2D eigenvalue weighted by Crippen LogP contribution is 2.68. The fraction of sp³-hybridized carbons (Fsp3) is 1.00. The molecule has 0 aliphatic heterocycles. The van der Waals surface area contributed by atoms with Gasteiger partial charge in [0.25, 0.3) is 15.3 Å². The second kappa shape index (κ2) is 9.08. The van der Waals surface area contributed by atoms with Gasteiger partial charge in [-0.15, -0.1) is 22.2 Å². The molecule has 5 heteroatoms. The van der Waals surface area contributed by atoms with Gasteiger partial charge in [-0.05, 0) is 43.8 Å². The lowest BCUT2D eigenvalue weighted by molar-refractivity contribution is 0.282. The predicted molar refractivity (Wildman–Crippen MR) is 140 cm³/mol. The summed E-state index contributed by atoms with van der Waals surface area (Å²) in [6, 6.07) is 0. The molecule has 0 heterocycles. The molecule has 0 saturated heterocycles. The smallest absolute Gasteiger partial charge is 0.292 e. The van der Waals surface area contributed by atoms with Crippen LogP contribution >= 0.6 is 22.2 Å². The van der Waals surface area contributed by atoms with Crippen LogP contribution in [0.2, 0.25) is 20.2 Å². The zero-order chi connectivity index (χ0) is 24.0. The Kier molecular flexibility index (Phi) is 9.38. The van der Waals surface area contributed by atoms with Gasteiger partial charge in [0.15, 0.2) is 0 Å². The fourth-order valence-electron chi connectivity index (χ4n) is 3.87. The van der Waals surface area contributed by atoms with E-state index in [1.54, 1.807) is 0 Å². The lowest BCUT2D eigenvalue weighted by Gasteiger charge is -2.61. The summed E-state index contributed by atoms with van der Waals surface area (Å²) in [5, 5.41) is -0.518. The maximum atomic E-state index is 7.89. The second-order valence-corrected chi connectivity index (χ2v) is 24.3. The highest BCUT2D eigenvalue weighted by molar-refractivity contribution is 7.29. The molecule has 0 amide bonds. The first kappa shape index (κ1) is 30.0. The molecule has 0 radical (unpaired) electrons. The van der Waals surface area contributed by atoms with E-state index in [2.05, 4.69) is 111 Å². The summed E-state index contributed by atoms with van der Waals surface area (Å²) in [4.78, 5) is 0. The van der Waals surface area contributed by atoms with Crippen molar-refractivity contribution in [3.05, 3.63) is 0 Å². The van der Waals surface area contributed by atoms with E-state index in [9.17, 15) is 0 Å². The molecular weight excluding hydrogens is 431 g/mol. The largest absolute Gasteiger partial charge is 0.431 e. The molecule has 0 atom stereocenters. The van der Waals surface area contributed by atoms with Crippen LogP contribution in [0.1, 0.15) is 111 Å². The van der Waals surface area contributed by atoms with Gasteiger partial charge < -0.3 is 4.12 Å². The summed E-state index contributed by atoms with van der Waals surface area (Å²) in [7, 11) is -5.75. The Morgan fingerprint density at radius 2 is 0.586 bits per heavy atom. The van der Waals surface area contributed by atoms with Gasteiger partial charge in [-0.25, -0.2) is 0 Å². The molecule has 0 bridgehead atoms. The van der Waals surface area contributed by atoms with Gasteiger partial charge >= 0.3 is 0 Å². The van der Waals surface area contributed by atoms with Crippen LogP contribution in [0, 0.1) is 23.7 Å². The SMILES string of the molecule is CC(C)C(C)(C)[Si](Cl)(O[Si](Cl)(C(C)(C)C(C)C)C(C)(C)C(C)C)C(C)(C)C(C)C. The molecule has 1 nitrogen and oxygen atoms in total. The molecule has 0 rings (SSSR count). The van der Waals surface area contributed by atoms with E-state index in [1.165, 1.54) is 0 Å². The first-order valence-electron chi connectivity index (χ1n) is 11.6. The maximum Gasteiger partial charge on any atom is 0.292 e. The number of hydrogen-bond donors (Lipinski definition) is 0. The van der Waals surface area contributed by atoms with Crippen LogP contribution in [-0.2, 0) is 4.12 Å². The van der Waals surface area contributed by atoms with Crippen molar-refractivity contribution in [2.75, 3.05) is 0 Å². The van der Waals surface area contributed by atoms with E-state index in [1.807, 2.05) is 0 Å². The quantitative estimate of drug-likeness (QED) is 0.222. The predicted octanol–water partition coefficient (Wildman–Crippen LogP) is 10.1. The Hall–Kier alpha value is 0.974. The molecule has 0 aliphatic carbocycles. The van der Waals surface area contributed by atoms with Gasteiger partial charge in [-0.1, -0.05) is 111 Å². The second-order valence-electron chi connectivity index (χ2n) is 12.8. The van der Waals surface area contributed by atoms with Gasteiger partial charge in [-0.2, -0.15) is 0 Å². The van der Waals surface area contributed by atoms with Gasteiger partial charge in [0.05, 0.1) is 0 Å². The molecule has 0 fully saturated rings. The Bertz CT molecular complexity index is 461. The van der Waals surface area contributed by atoms with Crippen LogP contribution in [0.4, 0.5) is 0 Å². The highest BCUT2D eigenvalue weighted by atomic mass is 35.6. The Labute approximate surface area is 195 Å². The normalized spacial score (nSPS) is 15.9. The zero-order valence-electron chi connectivity index (χ0n) is 22.5. The fourth-order valence-corrected chi connectivity index (χ4v) is 21.0. The van der Waals surface area contributed by atoms with Crippen molar-refractivity contribution in [3.8, 4) is 0 Å². The minimum Gasteiger partial charge on any atom is -0.431 e. The molecule has 176 valence electrons. The molecule has 0 unspecified atom stereocenters. The van der Waals surface area contributed by atoms with Gasteiger partial charge in [-0.3, -0.25) is 0 Å². The van der Waals surface area contributed by atoms with Crippen LogP contribution in [-0.4, -0.2) is 15.3 Å². The topological polar surface area (TPSA) is 9.23 Å². The van der Waals surface area contributed by atoms with E-state index in [0.717, 1.165) is 0 Å².